The molecule has 1 atom stereocenters. The number of hydrogen-bond donors (Lipinski definition) is 0. The van der Waals surface area contributed by atoms with Gasteiger partial charge in [-0.1, -0.05) is 6.92 Å². The number of nitriles is 1. The van der Waals surface area contributed by atoms with Gasteiger partial charge in [-0.2, -0.15) is 5.26 Å². The van der Waals surface area contributed by atoms with Gasteiger partial charge in [-0.3, -0.25) is 4.98 Å². The number of rotatable bonds is 4. The molecule has 2 aromatic carbocycles. The Balaban J connectivity index is 1.28. The Morgan fingerprint density at radius 1 is 1.03 bits per heavy atom. The summed E-state index contributed by atoms with van der Waals surface area (Å²) in [6.07, 6.45) is 7.90. The van der Waals surface area contributed by atoms with Crippen molar-refractivity contribution in [1.29, 1.82) is 5.26 Å². The topological polar surface area (TPSA) is 62.7 Å². The predicted molar refractivity (Wildman–Crippen MR) is 121 cm³/mol. The van der Waals surface area contributed by atoms with Crippen molar-refractivity contribution in [2.45, 2.75) is 44.4 Å². The van der Waals surface area contributed by atoms with Gasteiger partial charge in [-0.25, -0.2) is 9.37 Å². The average molecular weight is 426 g/mol. The first kappa shape index (κ1) is 20.4. The van der Waals surface area contributed by atoms with E-state index in [4.69, 9.17) is 9.68 Å². The van der Waals surface area contributed by atoms with Gasteiger partial charge in [0, 0.05) is 23.1 Å². The minimum atomic E-state index is -0.212. The lowest BCUT2D eigenvalue weighted by atomic mass is 9.74. The summed E-state index contributed by atoms with van der Waals surface area (Å²) in [6.45, 7) is 2.19. The molecule has 0 unspecified atom stereocenters. The highest BCUT2D eigenvalue weighted by Gasteiger charge is 2.30. The SMILES string of the molecule is C[C@@H](c1ncc(-c2ccc(C#N)cc2)o1)C1CCC(c2ccnc3ccc(F)cc23)CC1. The van der Waals surface area contributed by atoms with Crippen LogP contribution in [0.4, 0.5) is 4.39 Å². The van der Waals surface area contributed by atoms with E-state index in [9.17, 15) is 4.39 Å². The molecule has 1 saturated carbocycles. The highest BCUT2D eigenvalue weighted by atomic mass is 19.1. The van der Waals surface area contributed by atoms with E-state index in [0.29, 0.717) is 17.4 Å². The van der Waals surface area contributed by atoms with Crippen LogP contribution in [0.15, 0.2) is 65.3 Å². The molecule has 4 aromatic rings. The summed E-state index contributed by atoms with van der Waals surface area (Å²) in [7, 11) is 0. The molecule has 0 bridgehead atoms. The molecule has 5 heteroatoms. The van der Waals surface area contributed by atoms with Gasteiger partial charge >= 0.3 is 0 Å². The van der Waals surface area contributed by atoms with Crippen LogP contribution in [0.2, 0.25) is 0 Å². The maximum atomic E-state index is 13.8. The van der Waals surface area contributed by atoms with Crippen molar-refractivity contribution < 1.29 is 8.81 Å². The minimum Gasteiger partial charge on any atom is -0.440 e. The molecule has 0 amide bonds. The van der Waals surface area contributed by atoms with Crippen LogP contribution in [0.1, 0.15) is 61.5 Å². The molecule has 2 heterocycles. The maximum absolute atomic E-state index is 13.8. The zero-order chi connectivity index (χ0) is 22.1. The minimum absolute atomic E-state index is 0.212. The second kappa shape index (κ2) is 8.55. The van der Waals surface area contributed by atoms with Gasteiger partial charge < -0.3 is 4.42 Å². The fourth-order valence-corrected chi connectivity index (χ4v) is 4.97. The Bertz CT molecular complexity index is 1280. The van der Waals surface area contributed by atoms with Gasteiger partial charge in [-0.05, 0) is 91.6 Å². The van der Waals surface area contributed by atoms with Gasteiger partial charge in [0.05, 0.1) is 23.3 Å². The maximum Gasteiger partial charge on any atom is 0.198 e. The van der Waals surface area contributed by atoms with E-state index in [1.54, 1.807) is 30.5 Å². The first-order chi connectivity index (χ1) is 15.6. The summed E-state index contributed by atoms with van der Waals surface area (Å²) in [6, 6.07) is 16.4. The Labute approximate surface area is 186 Å². The third-order valence-corrected chi connectivity index (χ3v) is 6.87. The van der Waals surface area contributed by atoms with Crippen molar-refractivity contribution in [3.63, 3.8) is 0 Å². The van der Waals surface area contributed by atoms with Crippen LogP contribution < -0.4 is 0 Å². The molecule has 4 nitrogen and oxygen atoms in total. The number of oxazole rings is 1. The quantitative estimate of drug-likeness (QED) is 0.354. The fourth-order valence-electron chi connectivity index (χ4n) is 4.97. The van der Waals surface area contributed by atoms with Crippen LogP contribution in [0.5, 0.6) is 0 Å². The fraction of sp³-hybridized carbons (Fsp3) is 0.296. The molecule has 0 radical (unpaired) electrons. The van der Waals surface area contributed by atoms with E-state index in [0.717, 1.165) is 53.8 Å². The first-order valence-corrected chi connectivity index (χ1v) is 11.1. The third-order valence-electron chi connectivity index (χ3n) is 6.87. The average Bonchev–Trinajstić information content (AvgIpc) is 3.34. The number of benzene rings is 2. The van der Waals surface area contributed by atoms with Crippen LogP contribution in [-0.4, -0.2) is 9.97 Å². The van der Waals surface area contributed by atoms with E-state index >= 15 is 0 Å². The van der Waals surface area contributed by atoms with E-state index in [1.165, 1.54) is 11.6 Å². The van der Waals surface area contributed by atoms with Crippen molar-refractivity contribution in [2.24, 2.45) is 5.92 Å². The van der Waals surface area contributed by atoms with Crippen molar-refractivity contribution in [3.05, 3.63) is 83.8 Å². The smallest absolute Gasteiger partial charge is 0.198 e. The number of nitrogens with zero attached hydrogens (tertiary/aromatic N) is 3. The Hall–Kier alpha value is -3.52. The van der Waals surface area contributed by atoms with Gasteiger partial charge in [0.25, 0.3) is 0 Å². The summed E-state index contributed by atoms with van der Waals surface area (Å²) < 4.78 is 19.9. The second-order valence-electron chi connectivity index (χ2n) is 8.71. The number of hydrogen-bond acceptors (Lipinski definition) is 4. The van der Waals surface area contributed by atoms with Crippen LogP contribution in [0.3, 0.4) is 0 Å². The summed E-state index contributed by atoms with van der Waals surface area (Å²) in [5.41, 5.74) is 3.62. The van der Waals surface area contributed by atoms with Gasteiger partial charge in [0.2, 0.25) is 0 Å². The standard InChI is InChI=1S/C27H24FN3O/c1-17(27-31-16-26(32-27)21-4-2-18(15-29)3-5-21)19-6-8-20(9-7-19)23-12-13-30-25-11-10-22(28)14-24(23)25/h2-5,10-14,16-17,19-20H,6-9H2,1H3/t17-,19?,20?/m1/s1. The van der Waals surface area contributed by atoms with Gasteiger partial charge in [0.15, 0.2) is 11.7 Å². The summed E-state index contributed by atoms with van der Waals surface area (Å²) >= 11 is 0. The Kier molecular flexibility index (Phi) is 5.45. The lowest BCUT2D eigenvalue weighted by molar-refractivity contribution is 0.266. The molecule has 5 rings (SSSR count). The van der Waals surface area contributed by atoms with Crippen LogP contribution in [-0.2, 0) is 0 Å². The number of fused-ring (bicyclic) bond motifs is 1. The lowest BCUT2D eigenvalue weighted by Gasteiger charge is -2.31. The van der Waals surface area contributed by atoms with Crippen molar-refractivity contribution in [2.75, 3.05) is 0 Å². The molecule has 0 saturated heterocycles. The molecule has 2 aromatic heterocycles. The molecule has 32 heavy (non-hydrogen) atoms. The Morgan fingerprint density at radius 3 is 2.56 bits per heavy atom. The monoisotopic (exact) mass is 425 g/mol. The normalized spacial score (nSPS) is 19.5. The largest absolute Gasteiger partial charge is 0.440 e. The van der Waals surface area contributed by atoms with E-state index in [2.05, 4.69) is 23.0 Å². The van der Waals surface area contributed by atoms with E-state index in [1.807, 2.05) is 24.4 Å². The van der Waals surface area contributed by atoms with Crippen molar-refractivity contribution in [1.82, 2.24) is 9.97 Å². The molecule has 0 N–H and O–H groups in total. The van der Waals surface area contributed by atoms with E-state index < -0.39 is 0 Å². The molecule has 1 fully saturated rings. The number of halogens is 1. The molecular formula is C27H24FN3O. The van der Waals surface area contributed by atoms with Crippen molar-refractivity contribution >= 4 is 10.9 Å². The predicted octanol–water partition coefficient (Wildman–Crippen LogP) is 6.98. The summed E-state index contributed by atoms with van der Waals surface area (Å²) in [4.78, 5) is 8.95. The second-order valence-corrected chi connectivity index (χ2v) is 8.71. The third kappa shape index (κ3) is 3.89. The molecule has 1 aliphatic rings. The highest BCUT2D eigenvalue weighted by Crippen LogP contribution is 2.43. The van der Waals surface area contributed by atoms with Crippen LogP contribution in [0, 0.1) is 23.1 Å². The summed E-state index contributed by atoms with van der Waals surface area (Å²) in [5.74, 6) is 2.44. The lowest BCUT2D eigenvalue weighted by Crippen LogP contribution is -2.18. The molecule has 0 spiro atoms. The Morgan fingerprint density at radius 2 is 1.81 bits per heavy atom. The number of aromatic nitrogens is 2. The first-order valence-electron chi connectivity index (χ1n) is 11.1. The van der Waals surface area contributed by atoms with Crippen LogP contribution >= 0.6 is 0 Å². The highest BCUT2D eigenvalue weighted by molar-refractivity contribution is 5.82. The van der Waals surface area contributed by atoms with Crippen LogP contribution in [0.25, 0.3) is 22.2 Å². The van der Waals surface area contributed by atoms with Gasteiger partial charge in [0.1, 0.15) is 5.82 Å². The zero-order valence-electron chi connectivity index (χ0n) is 18.0. The van der Waals surface area contributed by atoms with E-state index in [-0.39, 0.29) is 11.7 Å². The molecule has 160 valence electrons. The molecular weight excluding hydrogens is 401 g/mol. The zero-order valence-corrected chi connectivity index (χ0v) is 18.0. The van der Waals surface area contributed by atoms with Gasteiger partial charge in [-0.15, -0.1) is 0 Å². The summed E-state index contributed by atoms with van der Waals surface area (Å²) in [5, 5.41) is 9.90. The van der Waals surface area contributed by atoms with Crippen molar-refractivity contribution in [3.8, 4) is 17.4 Å². The number of pyridine rings is 1. The molecule has 0 aliphatic heterocycles. The molecule has 1 aliphatic carbocycles.